The van der Waals surface area contributed by atoms with Crippen molar-refractivity contribution in [3.63, 3.8) is 0 Å². The van der Waals surface area contributed by atoms with E-state index < -0.39 is 0 Å². The summed E-state index contributed by atoms with van der Waals surface area (Å²) in [6.07, 6.45) is 0. The van der Waals surface area contributed by atoms with E-state index in [-0.39, 0.29) is 0 Å². The number of thiocarbonyl (C=S) groups is 2. The lowest BCUT2D eigenvalue weighted by Gasteiger charge is -2.25. The number of rotatable bonds is 8. The van der Waals surface area contributed by atoms with Gasteiger partial charge in [-0.25, -0.2) is 0 Å². The van der Waals surface area contributed by atoms with Gasteiger partial charge in [0.2, 0.25) is 0 Å². The Labute approximate surface area is 200 Å². The quantitative estimate of drug-likeness (QED) is 0.303. The third-order valence-corrected chi connectivity index (χ3v) is 5.79. The molecule has 3 aromatic rings. The van der Waals surface area contributed by atoms with Gasteiger partial charge in [-0.3, -0.25) is 0 Å². The number of thiol groups is 2. The second-order valence-corrected chi connectivity index (χ2v) is 9.29. The number of benzene rings is 3. The summed E-state index contributed by atoms with van der Waals surface area (Å²) in [7, 11) is 0. The van der Waals surface area contributed by atoms with Crippen LogP contribution in [0.4, 0.5) is 0 Å². The largest absolute Gasteiger partial charge is 0.349 e. The van der Waals surface area contributed by atoms with Gasteiger partial charge in [0.15, 0.2) is 0 Å². The fourth-order valence-electron chi connectivity index (χ4n) is 3.26. The zero-order valence-corrected chi connectivity index (χ0v) is 19.9. The fraction of sp³-hybridized carbons (Fsp3) is 0.167. The minimum Gasteiger partial charge on any atom is -0.349 e. The smallest absolute Gasteiger partial charge is 0.133 e. The van der Waals surface area contributed by atoms with Crippen molar-refractivity contribution >= 4 is 58.3 Å². The van der Waals surface area contributed by atoms with Crippen molar-refractivity contribution in [2.45, 2.75) is 26.2 Å². The Kier molecular flexibility index (Phi) is 8.75. The van der Waals surface area contributed by atoms with Crippen LogP contribution in [0, 0.1) is 0 Å². The molecule has 0 aromatic heterocycles. The lowest BCUT2D eigenvalue weighted by atomic mass is 10.1. The molecule has 154 valence electrons. The second-order valence-electron chi connectivity index (χ2n) is 7.07. The molecule has 0 unspecified atom stereocenters. The van der Waals surface area contributed by atoms with Crippen LogP contribution in [0.2, 0.25) is 0 Å². The maximum absolute atomic E-state index is 5.38. The van der Waals surface area contributed by atoms with Crippen molar-refractivity contribution in [3.8, 4) is 0 Å². The maximum atomic E-state index is 5.38. The molecule has 0 fully saturated rings. The molecule has 0 aliphatic carbocycles. The van der Waals surface area contributed by atoms with Gasteiger partial charge in [-0.1, -0.05) is 109 Å². The Bertz CT molecular complexity index is 900. The van der Waals surface area contributed by atoms with E-state index in [1.165, 1.54) is 22.3 Å². The summed E-state index contributed by atoms with van der Waals surface area (Å²) in [5, 5.41) is 0. The van der Waals surface area contributed by atoms with Gasteiger partial charge < -0.3 is 9.80 Å². The van der Waals surface area contributed by atoms with Gasteiger partial charge in [-0.2, -0.15) is 0 Å². The SMILES string of the molecule is S=C(S)N(Cc1ccccc1)Cc1cccc(CN(Cc2ccccc2)C(=S)S)c1. The first kappa shape index (κ1) is 22.8. The molecule has 2 nitrogen and oxygen atoms in total. The van der Waals surface area contributed by atoms with Crippen LogP contribution in [0.25, 0.3) is 0 Å². The van der Waals surface area contributed by atoms with Crippen molar-refractivity contribution in [1.82, 2.24) is 9.80 Å². The summed E-state index contributed by atoms with van der Waals surface area (Å²) in [6, 6.07) is 29.1. The number of nitrogens with zero attached hydrogens (tertiary/aromatic N) is 2. The molecule has 6 heteroatoms. The summed E-state index contributed by atoms with van der Waals surface area (Å²) in [6.45, 7) is 2.87. The third-order valence-electron chi connectivity index (χ3n) is 4.71. The molecule has 0 N–H and O–H groups in total. The summed E-state index contributed by atoms with van der Waals surface area (Å²) < 4.78 is 1.18. The summed E-state index contributed by atoms with van der Waals surface area (Å²) in [5.41, 5.74) is 4.79. The first-order chi connectivity index (χ1) is 14.5. The molecule has 30 heavy (non-hydrogen) atoms. The molecule has 0 heterocycles. The molecule has 0 aliphatic heterocycles. The van der Waals surface area contributed by atoms with Gasteiger partial charge in [0.25, 0.3) is 0 Å². The van der Waals surface area contributed by atoms with Crippen LogP contribution in [0.1, 0.15) is 22.3 Å². The molecule has 0 spiro atoms. The van der Waals surface area contributed by atoms with Crippen molar-refractivity contribution in [1.29, 1.82) is 0 Å². The molecule has 0 saturated heterocycles. The van der Waals surface area contributed by atoms with E-state index >= 15 is 0 Å². The van der Waals surface area contributed by atoms with E-state index in [9.17, 15) is 0 Å². The molecule has 3 rings (SSSR count). The highest BCUT2D eigenvalue weighted by Crippen LogP contribution is 2.17. The van der Waals surface area contributed by atoms with Crippen LogP contribution in [0.5, 0.6) is 0 Å². The standard InChI is InChI=1S/C24H24N2S4/c27-23(28)25(15-19-8-3-1-4-9-19)17-21-12-7-13-22(14-21)18-26(24(29)30)16-20-10-5-2-6-11-20/h1-14H,15-18H2,(H,27,28)(H,29,30). The van der Waals surface area contributed by atoms with Gasteiger partial charge in [-0.15, -0.1) is 25.3 Å². The Hall–Kier alpha value is -1.86. The van der Waals surface area contributed by atoms with Gasteiger partial charge in [-0.05, 0) is 22.3 Å². The van der Waals surface area contributed by atoms with E-state index in [1.807, 2.05) is 36.4 Å². The topological polar surface area (TPSA) is 6.48 Å². The molecular weight excluding hydrogens is 445 g/mol. The van der Waals surface area contributed by atoms with Gasteiger partial charge >= 0.3 is 0 Å². The molecule has 0 atom stereocenters. The minimum absolute atomic E-state index is 0.589. The summed E-state index contributed by atoms with van der Waals surface area (Å²) in [5.74, 6) is 0. The first-order valence-corrected chi connectivity index (χ1v) is 11.3. The van der Waals surface area contributed by atoms with Gasteiger partial charge in [0.1, 0.15) is 8.64 Å². The minimum atomic E-state index is 0.589. The molecular formula is C24H24N2S4. The second kappa shape index (κ2) is 11.5. The maximum Gasteiger partial charge on any atom is 0.133 e. The first-order valence-electron chi connectivity index (χ1n) is 9.62. The Balaban J connectivity index is 1.70. The highest BCUT2D eigenvalue weighted by atomic mass is 32.1. The van der Waals surface area contributed by atoms with Crippen molar-refractivity contribution in [3.05, 3.63) is 107 Å². The molecule has 0 amide bonds. The van der Waals surface area contributed by atoms with Crippen molar-refractivity contribution in [2.75, 3.05) is 0 Å². The zero-order valence-electron chi connectivity index (χ0n) is 16.5. The Morgan fingerprint density at radius 2 is 0.867 bits per heavy atom. The number of hydrogen-bond acceptors (Lipinski definition) is 2. The Morgan fingerprint density at radius 1 is 0.533 bits per heavy atom. The van der Waals surface area contributed by atoms with Crippen LogP contribution >= 0.6 is 49.7 Å². The summed E-state index contributed by atoms with van der Waals surface area (Å²) in [4.78, 5) is 4.19. The van der Waals surface area contributed by atoms with Crippen LogP contribution in [-0.4, -0.2) is 18.4 Å². The van der Waals surface area contributed by atoms with E-state index in [0.29, 0.717) is 21.7 Å². The molecule has 0 saturated carbocycles. The molecule has 0 radical (unpaired) electrons. The van der Waals surface area contributed by atoms with Crippen LogP contribution in [0.15, 0.2) is 84.9 Å². The van der Waals surface area contributed by atoms with Crippen LogP contribution in [-0.2, 0) is 26.2 Å². The summed E-state index contributed by atoms with van der Waals surface area (Å²) >= 11 is 19.6. The lowest BCUT2D eigenvalue weighted by molar-refractivity contribution is 0.415. The fourth-order valence-corrected chi connectivity index (χ4v) is 3.80. The van der Waals surface area contributed by atoms with Gasteiger partial charge in [0, 0.05) is 26.2 Å². The number of hydrogen-bond donors (Lipinski definition) is 2. The van der Waals surface area contributed by atoms with Crippen molar-refractivity contribution in [2.24, 2.45) is 0 Å². The van der Waals surface area contributed by atoms with E-state index in [2.05, 4.69) is 83.6 Å². The highest BCUT2D eigenvalue weighted by Gasteiger charge is 2.11. The monoisotopic (exact) mass is 468 g/mol. The predicted octanol–water partition coefficient (Wildman–Crippen LogP) is 6.12. The zero-order chi connectivity index (χ0) is 21.3. The predicted molar refractivity (Wildman–Crippen MR) is 141 cm³/mol. The van der Waals surface area contributed by atoms with Crippen LogP contribution < -0.4 is 0 Å². The highest BCUT2D eigenvalue weighted by molar-refractivity contribution is 8.11. The third kappa shape index (κ3) is 7.13. The van der Waals surface area contributed by atoms with E-state index in [0.717, 1.165) is 13.1 Å². The average Bonchev–Trinajstić information content (AvgIpc) is 2.74. The van der Waals surface area contributed by atoms with Crippen LogP contribution in [0.3, 0.4) is 0 Å². The normalized spacial score (nSPS) is 10.5. The molecule has 3 aromatic carbocycles. The van der Waals surface area contributed by atoms with E-state index in [4.69, 9.17) is 24.4 Å². The molecule has 0 aliphatic rings. The van der Waals surface area contributed by atoms with Gasteiger partial charge in [0.05, 0.1) is 0 Å². The van der Waals surface area contributed by atoms with Crippen molar-refractivity contribution < 1.29 is 0 Å². The lowest BCUT2D eigenvalue weighted by Crippen LogP contribution is -2.26. The van der Waals surface area contributed by atoms with E-state index in [1.54, 1.807) is 0 Å². The Morgan fingerprint density at radius 3 is 1.23 bits per heavy atom. The average molecular weight is 469 g/mol. The molecule has 0 bridgehead atoms.